The van der Waals surface area contributed by atoms with Crippen LogP contribution in [0.25, 0.3) is 11.1 Å². The van der Waals surface area contributed by atoms with E-state index >= 15 is 0 Å². The van der Waals surface area contributed by atoms with E-state index in [1.807, 2.05) is 31.2 Å². The summed E-state index contributed by atoms with van der Waals surface area (Å²) in [5.41, 5.74) is 2.85. The molecule has 3 aromatic carbocycles. The van der Waals surface area contributed by atoms with E-state index in [9.17, 15) is 14.4 Å². The Balaban J connectivity index is 1.31. The number of hydrogen-bond acceptors (Lipinski definition) is 7. The van der Waals surface area contributed by atoms with E-state index in [0.717, 1.165) is 68.9 Å². The van der Waals surface area contributed by atoms with Crippen LogP contribution >= 0.6 is 0 Å². The van der Waals surface area contributed by atoms with Gasteiger partial charge in [0.05, 0.1) is 30.4 Å². The van der Waals surface area contributed by atoms with Crippen molar-refractivity contribution in [3.63, 3.8) is 0 Å². The van der Waals surface area contributed by atoms with Crippen LogP contribution in [-0.2, 0) is 14.3 Å². The van der Waals surface area contributed by atoms with Gasteiger partial charge in [-0.1, -0.05) is 83.1 Å². The Hall–Kier alpha value is -4.13. The second-order valence-corrected chi connectivity index (χ2v) is 12.7. The van der Waals surface area contributed by atoms with E-state index in [1.54, 1.807) is 48.5 Å². The van der Waals surface area contributed by atoms with Crippen LogP contribution in [0, 0.1) is 0 Å². The summed E-state index contributed by atoms with van der Waals surface area (Å²) < 4.78 is 22.3. The molecule has 0 aromatic heterocycles. The monoisotopic (exact) mass is 672 g/mol. The highest BCUT2D eigenvalue weighted by atomic mass is 16.5. The molecule has 0 N–H and O–H groups in total. The smallest absolute Gasteiger partial charge is 0.343 e. The van der Waals surface area contributed by atoms with Crippen molar-refractivity contribution < 1.29 is 33.3 Å². The van der Waals surface area contributed by atoms with Gasteiger partial charge >= 0.3 is 17.9 Å². The third-order valence-electron chi connectivity index (χ3n) is 8.44. The SMILES string of the molecule is CCCCCCCC(=O)OCCCCCCOc1ccc(C(=O)Oc2ccc(-c3ccc(C(=O)O[C@@H](C)CCCCCC)cc3)cc2)cc1. The van der Waals surface area contributed by atoms with Gasteiger partial charge in [-0.2, -0.15) is 0 Å². The number of hydrogen-bond donors (Lipinski definition) is 0. The average molecular weight is 673 g/mol. The van der Waals surface area contributed by atoms with Crippen molar-refractivity contribution in [2.24, 2.45) is 0 Å². The normalized spacial score (nSPS) is 11.5. The first-order valence-corrected chi connectivity index (χ1v) is 18.4. The highest BCUT2D eigenvalue weighted by Crippen LogP contribution is 2.24. The molecule has 3 aromatic rings. The van der Waals surface area contributed by atoms with Crippen molar-refractivity contribution in [3.8, 4) is 22.6 Å². The molecule has 0 aliphatic carbocycles. The lowest BCUT2D eigenvalue weighted by Gasteiger charge is -2.13. The van der Waals surface area contributed by atoms with Crippen molar-refractivity contribution in [1.82, 2.24) is 0 Å². The standard InChI is InChI=1S/C42H56O7/c1-4-6-8-10-14-18-40(43)47-32-16-12-11-15-31-46-38-27-25-37(26-28-38)42(45)49-39-29-23-35(24-30-39)34-19-21-36(22-20-34)41(44)48-33(3)17-13-9-7-5-2/h19-30,33H,4-18,31-32H2,1-3H3/t33-/m0/s1. The van der Waals surface area contributed by atoms with Gasteiger partial charge in [0, 0.05) is 6.42 Å². The molecule has 1 atom stereocenters. The highest BCUT2D eigenvalue weighted by Gasteiger charge is 2.13. The molecule has 0 heterocycles. The van der Waals surface area contributed by atoms with Gasteiger partial charge < -0.3 is 18.9 Å². The van der Waals surface area contributed by atoms with Crippen molar-refractivity contribution >= 4 is 17.9 Å². The Morgan fingerprint density at radius 1 is 0.551 bits per heavy atom. The van der Waals surface area contributed by atoms with E-state index in [4.69, 9.17) is 18.9 Å². The molecule has 7 nitrogen and oxygen atoms in total. The summed E-state index contributed by atoms with van der Waals surface area (Å²) in [6, 6.07) is 21.6. The first-order valence-electron chi connectivity index (χ1n) is 18.4. The number of carbonyl (C=O) groups is 3. The summed E-state index contributed by atoms with van der Waals surface area (Å²) in [5, 5.41) is 0. The van der Waals surface area contributed by atoms with Gasteiger partial charge in [0.25, 0.3) is 0 Å². The molecule has 0 saturated carbocycles. The molecule has 0 saturated heterocycles. The second-order valence-electron chi connectivity index (χ2n) is 12.7. The Kier molecular flexibility index (Phi) is 18.7. The number of benzene rings is 3. The van der Waals surface area contributed by atoms with E-state index in [1.165, 1.54) is 32.1 Å². The summed E-state index contributed by atoms with van der Waals surface area (Å²) in [5.74, 6) is 0.313. The Morgan fingerprint density at radius 3 is 1.71 bits per heavy atom. The van der Waals surface area contributed by atoms with Gasteiger partial charge in [-0.25, -0.2) is 9.59 Å². The minimum atomic E-state index is -0.445. The summed E-state index contributed by atoms with van der Waals surface area (Å²) in [4.78, 5) is 37.0. The minimum Gasteiger partial charge on any atom is -0.494 e. The fourth-order valence-corrected chi connectivity index (χ4v) is 5.41. The first-order chi connectivity index (χ1) is 23.9. The zero-order chi connectivity index (χ0) is 35.1. The van der Waals surface area contributed by atoms with E-state index < -0.39 is 5.97 Å². The molecule has 0 spiro atoms. The van der Waals surface area contributed by atoms with Crippen LogP contribution in [0.1, 0.15) is 138 Å². The molecule has 266 valence electrons. The maximum Gasteiger partial charge on any atom is 0.343 e. The first kappa shape index (κ1) is 39.3. The van der Waals surface area contributed by atoms with Crippen molar-refractivity contribution in [1.29, 1.82) is 0 Å². The van der Waals surface area contributed by atoms with Gasteiger partial charge in [-0.05, 0) is 112 Å². The predicted octanol–water partition coefficient (Wildman–Crippen LogP) is 10.9. The van der Waals surface area contributed by atoms with Gasteiger partial charge in [-0.3, -0.25) is 4.79 Å². The Morgan fingerprint density at radius 2 is 1.06 bits per heavy atom. The Bertz CT molecular complexity index is 1360. The maximum atomic E-state index is 12.7. The van der Waals surface area contributed by atoms with Gasteiger partial charge in [-0.15, -0.1) is 0 Å². The van der Waals surface area contributed by atoms with E-state index in [2.05, 4.69) is 13.8 Å². The van der Waals surface area contributed by atoms with E-state index in [0.29, 0.717) is 42.3 Å². The van der Waals surface area contributed by atoms with Crippen molar-refractivity contribution in [2.45, 2.75) is 123 Å². The summed E-state index contributed by atoms with van der Waals surface area (Å²) in [6.07, 6.45) is 15.3. The van der Waals surface area contributed by atoms with Crippen LogP contribution in [0.3, 0.4) is 0 Å². The Labute approximate surface area is 293 Å². The zero-order valence-electron chi connectivity index (χ0n) is 29.9. The predicted molar refractivity (Wildman–Crippen MR) is 195 cm³/mol. The summed E-state index contributed by atoms with van der Waals surface area (Å²) in [7, 11) is 0. The van der Waals surface area contributed by atoms with Crippen LogP contribution in [0.2, 0.25) is 0 Å². The molecular formula is C42H56O7. The molecule has 0 radical (unpaired) electrons. The summed E-state index contributed by atoms with van der Waals surface area (Å²) >= 11 is 0. The quantitative estimate of drug-likeness (QED) is 0.0531. The number of carbonyl (C=O) groups excluding carboxylic acids is 3. The molecular weight excluding hydrogens is 616 g/mol. The second kappa shape index (κ2) is 23.3. The van der Waals surface area contributed by atoms with Gasteiger partial charge in [0.1, 0.15) is 11.5 Å². The number of unbranched alkanes of at least 4 members (excludes halogenated alkanes) is 10. The molecule has 0 fully saturated rings. The third-order valence-corrected chi connectivity index (χ3v) is 8.44. The number of esters is 3. The van der Waals surface area contributed by atoms with E-state index in [-0.39, 0.29) is 18.0 Å². The van der Waals surface area contributed by atoms with Crippen LogP contribution in [0.4, 0.5) is 0 Å². The number of rotatable bonds is 24. The molecule has 7 heteroatoms. The molecule has 3 rings (SSSR count). The fourth-order valence-electron chi connectivity index (χ4n) is 5.41. The van der Waals surface area contributed by atoms with Crippen LogP contribution in [-0.4, -0.2) is 37.2 Å². The van der Waals surface area contributed by atoms with Crippen LogP contribution in [0.15, 0.2) is 72.8 Å². The minimum absolute atomic E-state index is 0.0813. The lowest BCUT2D eigenvalue weighted by Crippen LogP contribution is -2.15. The number of ether oxygens (including phenoxy) is 4. The van der Waals surface area contributed by atoms with Gasteiger partial charge in [0.15, 0.2) is 0 Å². The maximum absolute atomic E-state index is 12.7. The average Bonchev–Trinajstić information content (AvgIpc) is 3.11. The lowest BCUT2D eigenvalue weighted by molar-refractivity contribution is -0.143. The summed E-state index contributed by atoms with van der Waals surface area (Å²) in [6.45, 7) is 7.38. The fraction of sp³-hybridized carbons (Fsp3) is 0.500. The van der Waals surface area contributed by atoms with Gasteiger partial charge in [0.2, 0.25) is 0 Å². The van der Waals surface area contributed by atoms with Crippen LogP contribution < -0.4 is 9.47 Å². The molecule has 0 bridgehead atoms. The van der Waals surface area contributed by atoms with Crippen molar-refractivity contribution in [3.05, 3.63) is 83.9 Å². The molecule has 49 heavy (non-hydrogen) atoms. The molecule has 0 aliphatic rings. The molecule has 0 unspecified atom stereocenters. The highest BCUT2D eigenvalue weighted by molar-refractivity contribution is 5.91. The lowest BCUT2D eigenvalue weighted by atomic mass is 10.0. The zero-order valence-corrected chi connectivity index (χ0v) is 29.9. The van der Waals surface area contributed by atoms with Crippen LogP contribution in [0.5, 0.6) is 11.5 Å². The topological polar surface area (TPSA) is 88.1 Å². The molecule has 0 aliphatic heterocycles. The van der Waals surface area contributed by atoms with Crippen molar-refractivity contribution in [2.75, 3.05) is 13.2 Å². The molecule has 0 amide bonds. The largest absolute Gasteiger partial charge is 0.494 e. The third kappa shape index (κ3) is 15.8.